The van der Waals surface area contributed by atoms with Crippen LogP contribution in [0.2, 0.25) is 5.02 Å². The number of benzene rings is 1. The Morgan fingerprint density at radius 3 is 3.00 bits per heavy atom. The summed E-state index contributed by atoms with van der Waals surface area (Å²) in [6.45, 7) is 0.943. The van der Waals surface area contributed by atoms with Gasteiger partial charge in [-0.1, -0.05) is 11.6 Å². The van der Waals surface area contributed by atoms with E-state index in [9.17, 15) is 0 Å². The number of methoxy groups -OCH3 is 1. The number of hydrogen-bond acceptors (Lipinski definition) is 4. The quantitative estimate of drug-likeness (QED) is 0.826. The fraction of sp³-hybridized carbons (Fsp3) is 0.357. The molecule has 0 bridgehead atoms. The lowest BCUT2D eigenvalue weighted by Gasteiger charge is -2.05. The Balaban J connectivity index is 2.20. The van der Waals surface area contributed by atoms with E-state index in [0.717, 1.165) is 36.6 Å². The van der Waals surface area contributed by atoms with Gasteiger partial charge in [-0.25, -0.2) is 4.98 Å². The van der Waals surface area contributed by atoms with E-state index in [0.29, 0.717) is 10.8 Å². The van der Waals surface area contributed by atoms with Crippen molar-refractivity contribution in [1.29, 1.82) is 0 Å². The van der Waals surface area contributed by atoms with E-state index in [1.165, 1.54) is 0 Å². The Morgan fingerprint density at radius 1 is 1.42 bits per heavy atom. The van der Waals surface area contributed by atoms with Gasteiger partial charge in [0, 0.05) is 11.4 Å². The van der Waals surface area contributed by atoms with Crippen molar-refractivity contribution in [3.8, 4) is 17.1 Å². The summed E-state index contributed by atoms with van der Waals surface area (Å²) >= 11 is 6.01. The van der Waals surface area contributed by atoms with E-state index in [1.54, 1.807) is 19.4 Å². The van der Waals surface area contributed by atoms with Crippen LogP contribution >= 0.6 is 11.6 Å². The number of aryl methyl sites for hydroxylation is 1. The van der Waals surface area contributed by atoms with Gasteiger partial charge in [-0.05, 0) is 38.2 Å². The lowest BCUT2D eigenvalue weighted by molar-refractivity contribution is 0.413. The Bertz CT molecular complexity index is 540. The molecule has 1 heterocycles. The van der Waals surface area contributed by atoms with Crippen molar-refractivity contribution in [3.05, 3.63) is 35.3 Å². The van der Waals surface area contributed by atoms with E-state index in [2.05, 4.69) is 10.3 Å². The predicted octanol–water partition coefficient (Wildman–Crippen LogP) is 3.16. The predicted molar refractivity (Wildman–Crippen MR) is 75.7 cm³/mol. The van der Waals surface area contributed by atoms with Gasteiger partial charge in [0.25, 0.3) is 0 Å². The van der Waals surface area contributed by atoms with Crippen LogP contribution in [0, 0.1) is 0 Å². The summed E-state index contributed by atoms with van der Waals surface area (Å²) in [5, 5.41) is 3.74. The zero-order valence-corrected chi connectivity index (χ0v) is 11.8. The van der Waals surface area contributed by atoms with E-state index >= 15 is 0 Å². The van der Waals surface area contributed by atoms with Crippen LogP contribution in [0.4, 0.5) is 0 Å². The first-order valence-electron chi connectivity index (χ1n) is 6.18. The molecule has 0 aliphatic rings. The molecule has 0 amide bonds. The smallest absolute Gasteiger partial charge is 0.194 e. The monoisotopic (exact) mass is 280 g/mol. The average Bonchev–Trinajstić information content (AvgIpc) is 2.88. The first-order valence-corrected chi connectivity index (χ1v) is 6.55. The molecular formula is C14H17ClN2O2. The Labute approximate surface area is 117 Å². The van der Waals surface area contributed by atoms with Gasteiger partial charge in [0.15, 0.2) is 11.7 Å². The van der Waals surface area contributed by atoms with Gasteiger partial charge in [0.1, 0.15) is 5.75 Å². The van der Waals surface area contributed by atoms with Gasteiger partial charge in [-0.2, -0.15) is 0 Å². The largest absolute Gasteiger partial charge is 0.496 e. The average molecular weight is 281 g/mol. The molecule has 4 nitrogen and oxygen atoms in total. The first-order chi connectivity index (χ1) is 9.24. The highest BCUT2D eigenvalue weighted by atomic mass is 35.5. The normalized spacial score (nSPS) is 10.7. The molecule has 1 aromatic heterocycles. The molecule has 0 aliphatic carbocycles. The van der Waals surface area contributed by atoms with Crippen molar-refractivity contribution in [3.63, 3.8) is 0 Å². The van der Waals surface area contributed by atoms with Gasteiger partial charge < -0.3 is 14.5 Å². The standard InChI is InChI=1S/C14H17ClN2O2/c1-16-7-3-4-14-17-9-13(19-14)11-8-10(15)5-6-12(11)18-2/h5-6,8-9,16H,3-4,7H2,1-2H3. The number of oxazole rings is 1. The molecular weight excluding hydrogens is 264 g/mol. The van der Waals surface area contributed by atoms with E-state index < -0.39 is 0 Å². The molecule has 0 radical (unpaired) electrons. The summed E-state index contributed by atoms with van der Waals surface area (Å²) < 4.78 is 11.0. The van der Waals surface area contributed by atoms with Gasteiger partial charge in [0.05, 0.1) is 18.9 Å². The summed E-state index contributed by atoms with van der Waals surface area (Å²) in [6, 6.07) is 5.42. The van der Waals surface area contributed by atoms with Crippen LogP contribution in [0.5, 0.6) is 5.75 Å². The first kappa shape index (κ1) is 13.9. The third-order valence-corrected chi connectivity index (χ3v) is 3.03. The summed E-state index contributed by atoms with van der Waals surface area (Å²) in [5.74, 6) is 2.13. The summed E-state index contributed by atoms with van der Waals surface area (Å²) in [5.41, 5.74) is 0.822. The van der Waals surface area contributed by atoms with Crippen molar-refractivity contribution >= 4 is 11.6 Å². The lowest BCUT2D eigenvalue weighted by atomic mass is 10.1. The number of halogens is 1. The van der Waals surface area contributed by atoms with E-state index in [4.69, 9.17) is 20.8 Å². The Hall–Kier alpha value is -1.52. The number of aromatic nitrogens is 1. The molecule has 19 heavy (non-hydrogen) atoms. The maximum Gasteiger partial charge on any atom is 0.194 e. The second kappa shape index (κ2) is 6.59. The third-order valence-electron chi connectivity index (χ3n) is 2.80. The fourth-order valence-corrected chi connectivity index (χ4v) is 2.01. The molecule has 2 aromatic rings. The Kier molecular flexibility index (Phi) is 4.82. The molecule has 0 saturated heterocycles. The minimum Gasteiger partial charge on any atom is -0.496 e. The zero-order valence-electron chi connectivity index (χ0n) is 11.1. The van der Waals surface area contributed by atoms with E-state index in [-0.39, 0.29) is 0 Å². The summed E-state index contributed by atoms with van der Waals surface area (Å²) in [7, 11) is 3.55. The maximum atomic E-state index is 6.01. The highest BCUT2D eigenvalue weighted by Gasteiger charge is 2.12. The topological polar surface area (TPSA) is 47.3 Å². The van der Waals surface area contributed by atoms with Crippen molar-refractivity contribution < 1.29 is 9.15 Å². The van der Waals surface area contributed by atoms with Crippen molar-refractivity contribution in [2.45, 2.75) is 12.8 Å². The molecule has 102 valence electrons. The minimum atomic E-state index is 0.643. The summed E-state index contributed by atoms with van der Waals surface area (Å²) in [4.78, 5) is 4.28. The SMILES string of the molecule is CNCCCc1ncc(-c2cc(Cl)ccc2OC)o1. The molecule has 0 atom stereocenters. The number of rotatable bonds is 6. The van der Waals surface area contributed by atoms with Crippen LogP contribution in [-0.4, -0.2) is 25.7 Å². The molecule has 0 saturated carbocycles. The molecule has 5 heteroatoms. The van der Waals surface area contributed by atoms with Crippen molar-refractivity contribution in [2.75, 3.05) is 20.7 Å². The molecule has 0 fully saturated rings. The van der Waals surface area contributed by atoms with Gasteiger partial charge in [0.2, 0.25) is 0 Å². The number of ether oxygens (including phenoxy) is 1. The highest BCUT2D eigenvalue weighted by molar-refractivity contribution is 6.30. The van der Waals surface area contributed by atoms with Crippen molar-refractivity contribution in [2.24, 2.45) is 0 Å². The van der Waals surface area contributed by atoms with Crippen LogP contribution in [0.15, 0.2) is 28.8 Å². The molecule has 2 rings (SSSR count). The fourth-order valence-electron chi connectivity index (χ4n) is 1.84. The van der Waals surface area contributed by atoms with Crippen LogP contribution in [-0.2, 0) is 6.42 Å². The molecule has 0 spiro atoms. The van der Waals surface area contributed by atoms with Crippen LogP contribution < -0.4 is 10.1 Å². The second-order valence-electron chi connectivity index (χ2n) is 4.17. The molecule has 1 aromatic carbocycles. The lowest BCUT2D eigenvalue weighted by Crippen LogP contribution is -2.08. The van der Waals surface area contributed by atoms with Gasteiger partial charge in [-0.3, -0.25) is 0 Å². The van der Waals surface area contributed by atoms with Gasteiger partial charge in [-0.15, -0.1) is 0 Å². The van der Waals surface area contributed by atoms with E-state index in [1.807, 2.05) is 19.2 Å². The Morgan fingerprint density at radius 2 is 2.26 bits per heavy atom. The molecule has 1 N–H and O–H groups in total. The third kappa shape index (κ3) is 3.49. The van der Waals surface area contributed by atoms with Crippen LogP contribution in [0.25, 0.3) is 11.3 Å². The highest BCUT2D eigenvalue weighted by Crippen LogP contribution is 2.32. The summed E-state index contributed by atoms with van der Waals surface area (Å²) in [6.07, 6.45) is 3.51. The molecule has 0 aliphatic heterocycles. The number of nitrogens with zero attached hydrogens (tertiary/aromatic N) is 1. The minimum absolute atomic E-state index is 0.643. The second-order valence-corrected chi connectivity index (χ2v) is 4.61. The number of nitrogens with one attached hydrogen (secondary N) is 1. The van der Waals surface area contributed by atoms with Gasteiger partial charge >= 0.3 is 0 Å². The number of hydrogen-bond donors (Lipinski definition) is 1. The van der Waals surface area contributed by atoms with Crippen molar-refractivity contribution in [1.82, 2.24) is 10.3 Å². The van der Waals surface area contributed by atoms with Crippen LogP contribution in [0.3, 0.4) is 0 Å². The zero-order chi connectivity index (χ0) is 13.7. The maximum absolute atomic E-state index is 6.01. The molecule has 0 unspecified atom stereocenters. The van der Waals surface area contributed by atoms with Crippen LogP contribution in [0.1, 0.15) is 12.3 Å².